The Labute approximate surface area is 180 Å². The second-order valence-corrected chi connectivity index (χ2v) is 7.50. The number of anilines is 2. The van der Waals surface area contributed by atoms with E-state index in [1.807, 2.05) is 0 Å². The zero-order chi connectivity index (χ0) is 23.8. The average molecular weight is 446 g/mol. The number of alkyl halides is 3. The van der Waals surface area contributed by atoms with E-state index >= 15 is 0 Å². The van der Waals surface area contributed by atoms with Gasteiger partial charge in [0, 0.05) is 5.69 Å². The Hall–Kier alpha value is -4.07. The Morgan fingerprint density at radius 1 is 1.19 bits per heavy atom. The lowest BCUT2D eigenvalue weighted by atomic mass is 10.0. The number of carboxylic acid groups (broad SMARTS) is 1. The number of imide groups is 1. The van der Waals surface area contributed by atoms with Gasteiger partial charge >= 0.3 is 18.3 Å². The first-order valence-electron chi connectivity index (χ1n) is 9.23. The number of hydrogen-bond donors (Lipinski definition) is 2. The third-order valence-electron chi connectivity index (χ3n) is 5.10. The van der Waals surface area contributed by atoms with E-state index in [2.05, 4.69) is 5.32 Å². The number of hydrogen-bond acceptors (Lipinski definition) is 4. The Morgan fingerprint density at radius 2 is 1.84 bits per heavy atom. The molecule has 32 heavy (non-hydrogen) atoms. The second-order valence-electron chi connectivity index (χ2n) is 7.50. The van der Waals surface area contributed by atoms with E-state index in [9.17, 15) is 27.6 Å². The summed E-state index contributed by atoms with van der Waals surface area (Å²) in [7, 11) is 0. The molecule has 1 saturated heterocycles. The lowest BCUT2D eigenvalue weighted by Gasteiger charge is -2.28. The molecule has 0 aromatic heterocycles. The van der Waals surface area contributed by atoms with Crippen molar-refractivity contribution in [3.05, 3.63) is 59.2 Å². The number of rotatable bonds is 4. The number of benzene rings is 2. The number of para-hydroxylation sites is 1. The third kappa shape index (κ3) is 3.94. The van der Waals surface area contributed by atoms with E-state index in [0.29, 0.717) is 16.5 Å². The number of nitrogens with zero attached hydrogens (tertiary/aromatic N) is 3. The fraction of sp³-hybridized carbons (Fsp3) is 0.238. The molecule has 8 nitrogen and oxygen atoms in total. The van der Waals surface area contributed by atoms with Gasteiger partial charge in [-0.05, 0) is 43.7 Å². The number of carbonyl (C=O) groups excluding carboxylic acids is 2. The normalized spacial score (nSPS) is 15.6. The van der Waals surface area contributed by atoms with E-state index in [1.165, 1.54) is 26.0 Å². The van der Waals surface area contributed by atoms with Gasteiger partial charge in [0.15, 0.2) is 0 Å². The molecule has 1 aliphatic rings. The van der Waals surface area contributed by atoms with Crippen molar-refractivity contribution >= 4 is 29.4 Å². The summed E-state index contributed by atoms with van der Waals surface area (Å²) >= 11 is 0. The highest BCUT2D eigenvalue weighted by atomic mass is 19.4. The molecule has 166 valence electrons. The molecule has 0 spiro atoms. The SMILES string of the molecule is CC1(C)C(=O)N(c2ccc(C#N)c(C(F)(F)F)c2)C(=O)N1Cc1ccccc1NC(=O)O. The van der Waals surface area contributed by atoms with Gasteiger partial charge in [-0.2, -0.15) is 18.4 Å². The van der Waals surface area contributed by atoms with Crippen LogP contribution in [0.5, 0.6) is 0 Å². The predicted molar refractivity (Wildman–Crippen MR) is 107 cm³/mol. The molecule has 1 fully saturated rings. The molecule has 0 bridgehead atoms. The summed E-state index contributed by atoms with van der Waals surface area (Å²) in [4.78, 5) is 39.0. The van der Waals surface area contributed by atoms with Crippen LogP contribution in [0.1, 0.15) is 30.5 Å². The number of halogens is 3. The van der Waals surface area contributed by atoms with Crippen LogP contribution in [-0.4, -0.2) is 33.6 Å². The van der Waals surface area contributed by atoms with Crippen LogP contribution in [0.4, 0.5) is 34.1 Å². The van der Waals surface area contributed by atoms with Crippen molar-refractivity contribution in [2.24, 2.45) is 0 Å². The predicted octanol–water partition coefficient (Wildman–Crippen LogP) is 4.41. The fourth-order valence-electron chi connectivity index (χ4n) is 3.40. The standard InChI is InChI=1S/C21H17F3N4O4/c1-20(2)17(29)28(14-8-7-12(10-25)15(9-14)21(22,23)24)19(32)27(20)11-13-5-3-4-6-16(13)26-18(30)31/h3-9,26H,11H2,1-2H3,(H,30,31). The summed E-state index contributed by atoms with van der Waals surface area (Å²) in [6.07, 6.45) is -6.18. The maximum absolute atomic E-state index is 13.4. The zero-order valence-electron chi connectivity index (χ0n) is 16.9. The van der Waals surface area contributed by atoms with Crippen LogP contribution in [0.2, 0.25) is 0 Å². The third-order valence-corrected chi connectivity index (χ3v) is 5.10. The Kier molecular flexibility index (Phi) is 5.57. The van der Waals surface area contributed by atoms with Gasteiger partial charge in [-0.1, -0.05) is 18.2 Å². The van der Waals surface area contributed by atoms with E-state index in [0.717, 1.165) is 17.0 Å². The van der Waals surface area contributed by atoms with Crippen LogP contribution < -0.4 is 10.2 Å². The van der Waals surface area contributed by atoms with Gasteiger partial charge in [-0.15, -0.1) is 0 Å². The number of carbonyl (C=O) groups is 3. The minimum atomic E-state index is -4.86. The Balaban J connectivity index is 2.02. The van der Waals surface area contributed by atoms with Crippen molar-refractivity contribution in [1.82, 2.24) is 4.90 Å². The molecule has 0 aliphatic carbocycles. The summed E-state index contributed by atoms with van der Waals surface area (Å²) in [5.41, 5.74) is -3.05. The highest BCUT2D eigenvalue weighted by Crippen LogP contribution is 2.38. The maximum Gasteiger partial charge on any atom is 0.417 e. The molecule has 2 aromatic rings. The molecule has 4 amide bonds. The topological polar surface area (TPSA) is 114 Å². The van der Waals surface area contributed by atoms with Crippen molar-refractivity contribution in [2.75, 3.05) is 10.2 Å². The first-order valence-corrected chi connectivity index (χ1v) is 9.23. The summed E-state index contributed by atoms with van der Waals surface area (Å²) < 4.78 is 40.1. The largest absolute Gasteiger partial charge is 0.465 e. The lowest BCUT2D eigenvalue weighted by molar-refractivity contribution is -0.137. The average Bonchev–Trinajstić information content (AvgIpc) is 2.87. The highest BCUT2D eigenvalue weighted by Gasteiger charge is 2.52. The number of nitrogens with one attached hydrogen (secondary N) is 1. The molecule has 2 N–H and O–H groups in total. The van der Waals surface area contributed by atoms with Crippen LogP contribution in [0.3, 0.4) is 0 Å². The molecule has 2 aromatic carbocycles. The van der Waals surface area contributed by atoms with Crippen LogP contribution in [0, 0.1) is 11.3 Å². The van der Waals surface area contributed by atoms with E-state index in [-0.39, 0.29) is 17.9 Å². The van der Waals surface area contributed by atoms with Crippen molar-refractivity contribution in [1.29, 1.82) is 5.26 Å². The number of amides is 4. The first-order chi connectivity index (χ1) is 14.9. The molecular weight excluding hydrogens is 429 g/mol. The maximum atomic E-state index is 13.4. The second kappa shape index (κ2) is 7.88. The first kappa shape index (κ1) is 22.6. The molecule has 3 rings (SSSR count). The van der Waals surface area contributed by atoms with Crippen molar-refractivity contribution in [2.45, 2.75) is 32.1 Å². The fourth-order valence-corrected chi connectivity index (χ4v) is 3.40. The summed E-state index contributed by atoms with van der Waals surface area (Å²) in [5, 5.41) is 20.2. The highest BCUT2D eigenvalue weighted by molar-refractivity contribution is 6.23. The monoisotopic (exact) mass is 446 g/mol. The Morgan fingerprint density at radius 3 is 2.44 bits per heavy atom. The van der Waals surface area contributed by atoms with E-state index < -0.39 is 40.9 Å². The van der Waals surface area contributed by atoms with Crippen LogP contribution in [0.25, 0.3) is 0 Å². The molecule has 0 atom stereocenters. The zero-order valence-corrected chi connectivity index (χ0v) is 16.9. The molecular formula is C21H17F3N4O4. The summed E-state index contributed by atoms with van der Waals surface area (Å²) in [6, 6.07) is 9.41. The van der Waals surface area contributed by atoms with Gasteiger partial charge < -0.3 is 10.0 Å². The molecule has 1 aliphatic heterocycles. The van der Waals surface area contributed by atoms with Gasteiger partial charge in [0.05, 0.1) is 29.4 Å². The minimum Gasteiger partial charge on any atom is -0.465 e. The summed E-state index contributed by atoms with van der Waals surface area (Å²) in [6.45, 7) is 2.70. The Bertz CT molecular complexity index is 1150. The molecule has 11 heteroatoms. The molecule has 0 saturated carbocycles. The van der Waals surface area contributed by atoms with Gasteiger partial charge in [0.1, 0.15) is 5.54 Å². The minimum absolute atomic E-state index is 0.174. The number of nitriles is 1. The molecule has 0 unspecified atom stereocenters. The summed E-state index contributed by atoms with van der Waals surface area (Å²) in [5.74, 6) is -0.760. The quantitative estimate of drug-likeness (QED) is 0.675. The molecule has 0 radical (unpaired) electrons. The van der Waals surface area contributed by atoms with Crippen LogP contribution in [0.15, 0.2) is 42.5 Å². The molecule has 1 heterocycles. The van der Waals surface area contributed by atoms with E-state index in [4.69, 9.17) is 10.4 Å². The number of urea groups is 1. The van der Waals surface area contributed by atoms with Crippen molar-refractivity contribution in [3.63, 3.8) is 0 Å². The van der Waals surface area contributed by atoms with Gasteiger partial charge in [-0.3, -0.25) is 10.1 Å². The lowest BCUT2D eigenvalue weighted by Crippen LogP contribution is -2.43. The van der Waals surface area contributed by atoms with E-state index in [1.54, 1.807) is 18.2 Å². The van der Waals surface area contributed by atoms with Gasteiger partial charge in [-0.25, -0.2) is 14.5 Å². The van der Waals surface area contributed by atoms with Gasteiger partial charge in [0.2, 0.25) is 0 Å². The van der Waals surface area contributed by atoms with Crippen LogP contribution >= 0.6 is 0 Å². The van der Waals surface area contributed by atoms with Crippen molar-refractivity contribution in [3.8, 4) is 6.07 Å². The van der Waals surface area contributed by atoms with Crippen LogP contribution in [-0.2, 0) is 17.5 Å². The smallest absolute Gasteiger partial charge is 0.417 e. The van der Waals surface area contributed by atoms with Gasteiger partial charge in [0.25, 0.3) is 5.91 Å². The van der Waals surface area contributed by atoms with Crippen molar-refractivity contribution < 1.29 is 32.7 Å².